The number of imidazole rings is 1. The normalized spacial score (nSPS) is 14.1. The van der Waals surface area contributed by atoms with Gasteiger partial charge in [-0.2, -0.15) is 0 Å². The second-order valence-electron chi connectivity index (χ2n) is 8.99. The maximum Gasteiger partial charge on any atom is 0.220 e. The fourth-order valence-electron chi connectivity index (χ4n) is 5.49. The smallest absolute Gasteiger partial charge is 0.220 e. The summed E-state index contributed by atoms with van der Waals surface area (Å²) in [5.74, 6) is 0.900. The van der Waals surface area contributed by atoms with Gasteiger partial charge in [-0.3, -0.25) is 14.1 Å². The van der Waals surface area contributed by atoms with Gasteiger partial charge >= 0.3 is 0 Å². The highest BCUT2D eigenvalue weighted by Gasteiger charge is 2.22. The zero-order chi connectivity index (χ0) is 22.9. The third kappa shape index (κ3) is 2.61. The summed E-state index contributed by atoms with van der Waals surface area (Å²) < 4.78 is 7.18. The molecule has 0 amide bonds. The topological polar surface area (TPSA) is 35.6 Å². The number of hydrogen-bond donors (Lipinski definition) is 0. The van der Waals surface area contributed by atoms with E-state index in [1.54, 1.807) is 0 Å². The van der Waals surface area contributed by atoms with Crippen molar-refractivity contribution in [1.29, 1.82) is 0 Å². The van der Waals surface area contributed by atoms with Crippen LogP contribution in [0.15, 0.2) is 97.2 Å². The summed E-state index contributed by atoms with van der Waals surface area (Å²) in [7, 11) is 0. The molecule has 0 N–H and O–H groups in total. The molecule has 0 aliphatic heterocycles. The molecule has 5 heteroatoms. The fraction of sp³-hybridized carbons (Fsp3) is 0.0667. The summed E-state index contributed by atoms with van der Waals surface area (Å²) in [6.45, 7) is 0. The third-order valence-corrected chi connectivity index (χ3v) is 8.21. The van der Waals surface area contributed by atoms with Gasteiger partial charge < -0.3 is 0 Å². The molecule has 166 valence electrons. The molecule has 0 bridgehead atoms. The number of nitrogens with zero attached hydrogens (tertiary/aromatic N) is 4. The monoisotopic (exact) mass is 468 g/mol. The first-order valence-electron chi connectivity index (χ1n) is 11.9. The molecule has 1 aliphatic carbocycles. The number of fused-ring (bicyclic) bond motifs is 8. The van der Waals surface area contributed by atoms with Gasteiger partial charge in [0.1, 0.15) is 0 Å². The van der Waals surface area contributed by atoms with E-state index in [-0.39, 0.29) is 0 Å². The summed E-state index contributed by atoms with van der Waals surface area (Å²) in [4.78, 5) is 10.1. The van der Waals surface area contributed by atoms with E-state index >= 15 is 0 Å². The summed E-state index contributed by atoms with van der Waals surface area (Å²) in [5, 5.41) is 3.79. The standard InChI is InChI=1S/C30H20N4S/c1-2-9-19(10-3-1)33-23-13-6-5-12-22(23)32-30(33)34-24-17-16-21-20-11-4-7-15-26(20)35-29(21)27(24)28-25(34)14-8-18-31-28/h2,4-18H,1,3H2. The van der Waals surface area contributed by atoms with Crippen LogP contribution in [0.3, 0.4) is 0 Å². The Morgan fingerprint density at radius 3 is 2.57 bits per heavy atom. The number of rotatable bonds is 2. The molecule has 8 rings (SSSR count). The Bertz CT molecular complexity index is 2010. The van der Waals surface area contributed by atoms with Crippen molar-refractivity contribution in [3.05, 3.63) is 97.2 Å². The summed E-state index contributed by atoms with van der Waals surface area (Å²) in [5.41, 5.74) is 6.50. The van der Waals surface area contributed by atoms with Gasteiger partial charge in [0.05, 0.1) is 27.6 Å². The van der Waals surface area contributed by atoms with Crippen molar-refractivity contribution in [3.8, 4) is 5.95 Å². The predicted octanol–water partition coefficient (Wildman–Crippen LogP) is 8.09. The molecule has 0 spiro atoms. The van der Waals surface area contributed by atoms with Crippen molar-refractivity contribution < 1.29 is 0 Å². The van der Waals surface area contributed by atoms with E-state index in [2.05, 4.69) is 94.1 Å². The lowest BCUT2D eigenvalue weighted by molar-refractivity contribution is 0.950. The lowest BCUT2D eigenvalue weighted by Crippen LogP contribution is -2.06. The van der Waals surface area contributed by atoms with Crippen LogP contribution in [0.1, 0.15) is 12.8 Å². The summed E-state index contributed by atoms with van der Waals surface area (Å²) in [6, 6.07) is 25.7. The number of aromatic nitrogens is 4. The Labute approximate surface area is 205 Å². The lowest BCUT2D eigenvalue weighted by Gasteiger charge is -2.15. The van der Waals surface area contributed by atoms with Gasteiger partial charge in [-0.25, -0.2) is 4.98 Å². The number of allylic oxidation sites excluding steroid dienone is 4. The van der Waals surface area contributed by atoms with Crippen molar-refractivity contribution in [2.45, 2.75) is 12.8 Å². The maximum absolute atomic E-state index is 5.18. The van der Waals surface area contributed by atoms with Crippen LogP contribution in [0.25, 0.3) is 64.8 Å². The van der Waals surface area contributed by atoms with Crippen LogP contribution in [0.2, 0.25) is 0 Å². The molecule has 35 heavy (non-hydrogen) atoms. The van der Waals surface area contributed by atoms with Gasteiger partial charge in [-0.1, -0.05) is 48.6 Å². The number of benzene rings is 3. The fourth-order valence-corrected chi connectivity index (χ4v) is 6.74. The Hall–Kier alpha value is -4.22. The quantitative estimate of drug-likeness (QED) is 0.257. The van der Waals surface area contributed by atoms with Crippen molar-refractivity contribution in [3.63, 3.8) is 0 Å². The van der Waals surface area contributed by atoms with Gasteiger partial charge in [-0.15, -0.1) is 11.3 Å². The molecule has 3 aromatic carbocycles. The average molecular weight is 469 g/mol. The first kappa shape index (κ1) is 19.1. The molecule has 0 fully saturated rings. The largest absolute Gasteiger partial charge is 0.278 e. The van der Waals surface area contributed by atoms with Gasteiger partial charge in [0.25, 0.3) is 0 Å². The minimum Gasteiger partial charge on any atom is -0.278 e. The van der Waals surface area contributed by atoms with Crippen LogP contribution in [-0.2, 0) is 0 Å². The van der Waals surface area contributed by atoms with Gasteiger partial charge in [0.15, 0.2) is 0 Å². The Morgan fingerprint density at radius 2 is 1.63 bits per heavy atom. The van der Waals surface area contributed by atoms with Crippen LogP contribution in [-0.4, -0.2) is 19.1 Å². The minimum absolute atomic E-state index is 0.900. The van der Waals surface area contributed by atoms with Crippen LogP contribution in [0, 0.1) is 0 Å². The molecular formula is C30H20N4S. The molecule has 0 unspecified atom stereocenters. The van der Waals surface area contributed by atoms with Crippen molar-refractivity contribution in [1.82, 2.24) is 19.1 Å². The SMILES string of the molecule is C1=CC(n2c(-n3c4cccnc4c4c5sc6ccccc6c5ccc43)nc3ccccc32)=CCC1. The Balaban J connectivity index is 1.56. The van der Waals surface area contributed by atoms with Crippen molar-refractivity contribution in [2.75, 3.05) is 0 Å². The van der Waals surface area contributed by atoms with E-state index in [1.807, 2.05) is 23.6 Å². The summed E-state index contributed by atoms with van der Waals surface area (Å²) in [6.07, 6.45) is 10.8. The lowest BCUT2D eigenvalue weighted by atomic mass is 10.1. The molecule has 7 aromatic rings. The van der Waals surface area contributed by atoms with Crippen molar-refractivity contribution in [2.24, 2.45) is 0 Å². The molecule has 0 radical (unpaired) electrons. The molecular weight excluding hydrogens is 448 g/mol. The highest BCUT2D eigenvalue weighted by molar-refractivity contribution is 7.26. The number of para-hydroxylation sites is 2. The Morgan fingerprint density at radius 1 is 0.743 bits per heavy atom. The molecule has 4 heterocycles. The molecule has 0 atom stereocenters. The van der Waals surface area contributed by atoms with E-state index in [9.17, 15) is 0 Å². The third-order valence-electron chi connectivity index (χ3n) is 7.01. The average Bonchev–Trinajstić information content (AvgIpc) is 3.58. The number of thiophene rings is 1. The highest BCUT2D eigenvalue weighted by atomic mass is 32.1. The van der Waals surface area contributed by atoms with Crippen molar-refractivity contribution >= 4 is 70.2 Å². The van der Waals surface area contributed by atoms with Gasteiger partial charge in [-0.05, 0) is 55.3 Å². The van der Waals surface area contributed by atoms with Crippen LogP contribution < -0.4 is 0 Å². The van der Waals surface area contributed by atoms with Crippen LogP contribution in [0.5, 0.6) is 0 Å². The second-order valence-corrected chi connectivity index (χ2v) is 10.0. The van der Waals surface area contributed by atoms with E-state index in [4.69, 9.17) is 9.97 Å². The molecule has 0 saturated carbocycles. The van der Waals surface area contributed by atoms with Crippen LogP contribution in [0.4, 0.5) is 0 Å². The second kappa shape index (κ2) is 7.14. The van der Waals surface area contributed by atoms with E-state index in [1.165, 1.54) is 31.3 Å². The predicted molar refractivity (Wildman–Crippen MR) is 147 cm³/mol. The van der Waals surface area contributed by atoms with Crippen LogP contribution >= 0.6 is 11.3 Å². The Kier molecular flexibility index (Phi) is 3.90. The molecule has 4 nitrogen and oxygen atoms in total. The highest BCUT2D eigenvalue weighted by Crippen LogP contribution is 2.43. The van der Waals surface area contributed by atoms with E-state index < -0.39 is 0 Å². The zero-order valence-electron chi connectivity index (χ0n) is 18.8. The minimum atomic E-state index is 0.900. The maximum atomic E-state index is 5.18. The van der Waals surface area contributed by atoms with Gasteiger partial charge in [0.2, 0.25) is 5.95 Å². The van der Waals surface area contributed by atoms with E-state index in [0.717, 1.165) is 46.4 Å². The first-order chi connectivity index (χ1) is 17.4. The van der Waals surface area contributed by atoms with E-state index in [0.29, 0.717) is 0 Å². The van der Waals surface area contributed by atoms with Gasteiger partial charge in [0, 0.05) is 37.5 Å². The zero-order valence-corrected chi connectivity index (χ0v) is 19.7. The number of pyridine rings is 1. The number of hydrogen-bond acceptors (Lipinski definition) is 3. The molecule has 4 aromatic heterocycles. The molecule has 1 aliphatic rings. The molecule has 0 saturated heterocycles. The first-order valence-corrected chi connectivity index (χ1v) is 12.7. The summed E-state index contributed by atoms with van der Waals surface area (Å²) >= 11 is 1.85.